The molecule has 0 saturated heterocycles. The maximum absolute atomic E-state index is 11.8. The molecule has 150 valence electrons. The van der Waals surface area contributed by atoms with Crippen LogP contribution in [0.2, 0.25) is 0 Å². The molecule has 0 bridgehead atoms. The molecule has 0 radical (unpaired) electrons. The maximum Gasteiger partial charge on any atom is 0.239 e. The third kappa shape index (κ3) is 16.4. The smallest absolute Gasteiger partial charge is 0.239 e. The van der Waals surface area contributed by atoms with Gasteiger partial charge in [-0.05, 0) is 7.05 Å². The number of carbonyl (C=O) groups excluding carboxylic acids is 1. The van der Waals surface area contributed by atoms with Gasteiger partial charge >= 0.3 is 0 Å². The Hall–Kier alpha value is -0.810. The van der Waals surface area contributed by atoms with Crippen LogP contribution in [-0.4, -0.2) is 106 Å². The molecule has 0 aliphatic rings. The molecule has 0 aromatic carbocycles. The third-order valence-electron chi connectivity index (χ3n) is 3.10. The van der Waals surface area contributed by atoms with Crippen molar-refractivity contribution in [2.75, 3.05) is 93.9 Å². The van der Waals surface area contributed by atoms with Gasteiger partial charge in [-0.1, -0.05) is 0 Å². The van der Waals surface area contributed by atoms with Crippen molar-refractivity contribution in [2.24, 2.45) is 0 Å². The van der Waals surface area contributed by atoms with Crippen LogP contribution in [0.25, 0.3) is 0 Å². The molecule has 25 heavy (non-hydrogen) atoms. The molecule has 9 heteroatoms. The van der Waals surface area contributed by atoms with Crippen LogP contribution in [0.4, 0.5) is 0 Å². The fourth-order valence-corrected chi connectivity index (χ4v) is 1.69. The van der Waals surface area contributed by atoms with Crippen LogP contribution < -0.4 is 10.6 Å². The van der Waals surface area contributed by atoms with Crippen LogP contribution >= 0.6 is 0 Å². The summed E-state index contributed by atoms with van der Waals surface area (Å²) < 4.78 is 31.2. The normalized spacial score (nSPS) is 12.3. The Morgan fingerprint density at radius 2 is 1.24 bits per heavy atom. The molecule has 0 aromatic heterocycles. The standard InChI is InChI=1S/C16H34N2O7/c1-17-15(16(19)18-4-5-20-2)14-25-13-12-24-11-10-23-9-8-22-7-6-21-3/h15,17H,4-14H2,1-3H3,(H,18,19). The van der Waals surface area contributed by atoms with Crippen molar-refractivity contribution in [1.29, 1.82) is 0 Å². The van der Waals surface area contributed by atoms with E-state index < -0.39 is 6.04 Å². The van der Waals surface area contributed by atoms with E-state index in [-0.39, 0.29) is 12.5 Å². The number of likely N-dealkylation sites (N-methyl/N-ethyl adjacent to an activating group) is 1. The van der Waals surface area contributed by atoms with Gasteiger partial charge in [-0.3, -0.25) is 4.79 Å². The molecule has 0 aromatic rings. The van der Waals surface area contributed by atoms with Crippen molar-refractivity contribution in [1.82, 2.24) is 10.6 Å². The van der Waals surface area contributed by atoms with E-state index in [1.165, 1.54) is 0 Å². The molecule has 0 heterocycles. The number of hydrogen-bond acceptors (Lipinski definition) is 8. The zero-order valence-corrected chi connectivity index (χ0v) is 15.7. The number of ether oxygens (including phenoxy) is 6. The first-order valence-electron chi connectivity index (χ1n) is 8.50. The zero-order valence-electron chi connectivity index (χ0n) is 15.7. The first kappa shape index (κ1) is 24.2. The van der Waals surface area contributed by atoms with Crippen molar-refractivity contribution in [2.45, 2.75) is 6.04 Å². The molecule has 1 unspecified atom stereocenters. The summed E-state index contributed by atoms with van der Waals surface area (Å²) in [4.78, 5) is 11.8. The lowest BCUT2D eigenvalue weighted by Gasteiger charge is -2.16. The van der Waals surface area contributed by atoms with E-state index in [0.717, 1.165) is 0 Å². The Morgan fingerprint density at radius 1 is 0.760 bits per heavy atom. The van der Waals surface area contributed by atoms with Crippen molar-refractivity contribution in [3.05, 3.63) is 0 Å². The molecule has 9 nitrogen and oxygen atoms in total. The van der Waals surface area contributed by atoms with Crippen LogP contribution in [-0.2, 0) is 33.2 Å². The SMILES string of the molecule is CNC(COCCOCCOCCOCCOC)C(=O)NCCOC. The van der Waals surface area contributed by atoms with E-state index in [0.29, 0.717) is 66.0 Å². The lowest BCUT2D eigenvalue weighted by Crippen LogP contribution is -2.46. The summed E-state index contributed by atoms with van der Waals surface area (Å²) >= 11 is 0. The molecular weight excluding hydrogens is 332 g/mol. The van der Waals surface area contributed by atoms with Crippen molar-refractivity contribution < 1.29 is 33.2 Å². The monoisotopic (exact) mass is 366 g/mol. The van der Waals surface area contributed by atoms with Gasteiger partial charge in [-0.15, -0.1) is 0 Å². The lowest BCUT2D eigenvalue weighted by molar-refractivity contribution is -0.124. The van der Waals surface area contributed by atoms with E-state index in [1.54, 1.807) is 21.3 Å². The number of rotatable bonds is 19. The number of hydrogen-bond donors (Lipinski definition) is 2. The topological polar surface area (TPSA) is 96.5 Å². The van der Waals surface area contributed by atoms with Gasteiger partial charge in [0.2, 0.25) is 5.91 Å². The van der Waals surface area contributed by atoms with Gasteiger partial charge in [0.1, 0.15) is 6.04 Å². The Morgan fingerprint density at radius 3 is 1.72 bits per heavy atom. The predicted octanol–water partition coefficient (Wildman–Crippen LogP) is -0.950. The molecule has 1 atom stereocenters. The van der Waals surface area contributed by atoms with E-state index in [9.17, 15) is 4.79 Å². The summed E-state index contributed by atoms with van der Waals surface area (Å²) in [5.74, 6) is -0.110. The minimum atomic E-state index is -0.390. The summed E-state index contributed by atoms with van der Waals surface area (Å²) in [6, 6.07) is -0.390. The second kappa shape index (κ2) is 19.5. The summed E-state index contributed by atoms with van der Waals surface area (Å²) in [5, 5.41) is 5.67. The zero-order chi connectivity index (χ0) is 18.6. The fourth-order valence-electron chi connectivity index (χ4n) is 1.69. The van der Waals surface area contributed by atoms with Gasteiger partial charge in [0, 0.05) is 20.8 Å². The van der Waals surface area contributed by atoms with Crippen molar-refractivity contribution in [3.63, 3.8) is 0 Å². The van der Waals surface area contributed by atoms with Crippen LogP contribution in [0.1, 0.15) is 0 Å². The highest BCUT2D eigenvalue weighted by atomic mass is 16.6. The van der Waals surface area contributed by atoms with E-state index in [2.05, 4.69) is 10.6 Å². The van der Waals surface area contributed by atoms with Gasteiger partial charge in [-0.25, -0.2) is 0 Å². The summed E-state index contributed by atoms with van der Waals surface area (Å²) in [6.45, 7) is 5.37. The van der Waals surface area contributed by atoms with Crippen molar-refractivity contribution in [3.8, 4) is 0 Å². The van der Waals surface area contributed by atoms with Crippen LogP contribution in [0, 0.1) is 0 Å². The van der Waals surface area contributed by atoms with Gasteiger partial charge in [-0.2, -0.15) is 0 Å². The Kier molecular flexibility index (Phi) is 18.9. The molecule has 0 aliphatic carbocycles. The average molecular weight is 366 g/mol. The predicted molar refractivity (Wildman–Crippen MR) is 92.9 cm³/mol. The summed E-state index contributed by atoms with van der Waals surface area (Å²) in [7, 11) is 4.95. The number of carbonyl (C=O) groups is 1. The van der Waals surface area contributed by atoms with E-state index in [1.807, 2.05) is 0 Å². The van der Waals surface area contributed by atoms with Gasteiger partial charge in [0.25, 0.3) is 0 Å². The number of methoxy groups -OCH3 is 2. The third-order valence-corrected chi connectivity index (χ3v) is 3.10. The molecule has 0 saturated carbocycles. The molecule has 0 rings (SSSR count). The minimum Gasteiger partial charge on any atom is -0.383 e. The maximum atomic E-state index is 11.8. The molecule has 0 spiro atoms. The molecular formula is C16H34N2O7. The highest BCUT2D eigenvalue weighted by Crippen LogP contribution is 1.88. The van der Waals surface area contributed by atoms with Crippen LogP contribution in [0.3, 0.4) is 0 Å². The van der Waals surface area contributed by atoms with Crippen LogP contribution in [0.5, 0.6) is 0 Å². The second-order valence-corrected chi connectivity index (χ2v) is 5.03. The summed E-state index contributed by atoms with van der Waals surface area (Å²) in [6.07, 6.45) is 0. The number of nitrogens with one attached hydrogen (secondary N) is 2. The molecule has 1 amide bonds. The molecule has 0 fully saturated rings. The highest BCUT2D eigenvalue weighted by molar-refractivity contribution is 5.81. The van der Waals surface area contributed by atoms with Gasteiger partial charge in [0.15, 0.2) is 0 Å². The van der Waals surface area contributed by atoms with Crippen LogP contribution in [0.15, 0.2) is 0 Å². The Labute approximate surface area is 150 Å². The quantitative estimate of drug-likeness (QED) is 0.283. The molecule has 2 N–H and O–H groups in total. The highest BCUT2D eigenvalue weighted by Gasteiger charge is 2.15. The first-order chi connectivity index (χ1) is 12.3. The Balaban J connectivity index is 3.36. The van der Waals surface area contributed by atoms with E-state index in [4.69, 9.17) is 28.4 Å². The van der Waals surface area contributed by atoms with Crippen molar-refractivity contribution >= 4 is 5.91 Å². The first-order valence-corrected chi connectivity index (χ1v) is 8.50. The molecule has 0 aliphatic heterocycles. The average Bonchev–Trinajstić information content (AvgIpc) is 2.62. The second-order valence-electron chi connectivity index (χ2n) is 5.03. The number of amides is 1. The largest absolute Gasteiger partial charge is 0.383 e. The van der Waals surface area contributed by atoms with E-state index >= 15 is 0 Å². The summed E-state index contributed by atoms with van der Waals surface area (Å²) in [5.41, 5.74) is 0. The fraction of sp³-hybridized carbons (Fsp3) is 0.938. The van der Waals surface area contributed by atoms with Gasteiger partial charge < -0.3 is 39.1 Å². The minimum absolute atomic E-state index is 0.110. The Bertz CT molecular complexity index is 296. The lowest BCUT2D eigenvalue weighted by atomic mass is 10.3. The van der Waals surface area contributed by atoms with Gasteiger partial charge in [0.05, 0.1) is 66.1 Å².